The summed E-state index contributed by atoms with van der Waals surface area (Å²) < 4.78 is 23.6. The Morgan fingerprint density at radius 2 is 1.70 bits per heavy atom. The maximum absolute atomic E-state index is 12.8. The van der Waals surface area contributed by atoms with Crippen LogP contribution in [0.4, 0.5) is 0 Å². The number of nitrogens with one attached hydrogen (secondary N) is 3. The second-order valence-electron chi connectivity index (χ2n) is 13.5. The van der Waals surface area contributed by atoms with Crippen LogP contribution in [0.2, 0.25) is 0 Å². The summed E-state index contributed by atoms with van der Waals surface area (Å²) in [7, 11) is 0. The van der Waals surface area contributed by atoms with E-state index < -0.39 is 29.9 Å². The summed E-state index contributed by atoms with van der Waals surface area (Å²) in [5.74, 6) is -0.545. The highest BCUT2D eigenvalue weighted by Crippen LogP contribution is 2.43. The number of alkyl halides is 1. The van der Waals surface area contributed by atoms with Crippen LogP contribution in [0.1, 0.15) is 73.1 Å². The van der Waals surface area contributed by atoms with Gasteiger partial charge in [-0.25, -0.2) is 0 Å². The van der Waals surface area contributed by atoms with Crippen LogP contribution in [-0.2, 0) is 38.1 Å². The summed E-state index contributed by atoms with van der Waals surface area (Å²) >= 11 is 2.03. The largest absolute Gasteiger partial charge is 0.459 e. The molecule has 1 saturated carbocycles. The lowest BCUT2D eigenvalue weighted by Gasteiger charge is -2.39. The SMILES string of the molecule is CC(=O)O[C@@H](C)C=CC(=O)N[C@@H]1C[C@H](C)[C@H](CC=C(C)C=C[C@H]2O[C@H](CC(=O)N[C@H]3C[C@H](NC(=O)CI)C3)C[C@@]3(CO3)[C@@H]2O)O[C@@H]1C. The van der Waals surface area contributed by atoms with Crippen molar-refractivity contribution in [3.63, 3.8) is 0 Å². The van der Waals surface area contributed by atoms with Crippen molar-refractivity contribution in [3.05, 3.63) is 36.0 Å². The van der Waals surface area contributed by atoms with E-state index in [0.29, 0.717) is 23.9 Å². The van der Waals surface area contributed by atoms with Crippen molar-refractivity contribution in [2.75, 3.05) is 11.0 Å². The van der Waals surface area contributed by atoms with Crippen LogP contribution >= 0.6 is 22.6 Å². The molecule has 1 spiro atoms. The number of aliphatic hydroxyl groups excluding tert-OH is 1. The quantitative estimate of drug-likeness (QED) is 0.0551. The van der Waals surface area contributed by atoms with Crippen molar-refractivity contribution in [2.24, 2.45) is 5.92 Å². The Morgan fingerprint density at radius 1 is 1.02 bits per heavy atom. The zero-order valence-electron chi connectivity index (χ0n) is 27.9. The van der Waals surface area contributed by atoms with Gasteiger partial charge >= 0.3 is 5.97 Å². The normalized spacial score (nSPS) is 36.1. The molecule has 0 unspecified atom stereocenters. The fraction of sp³-hybridized carbons (Fsp3) is 0.706. The zero-order chi connectivity index (χ0) is 34.3. The molecule has 1 aliphatic carbocycles. The maximum Gasteiger partial charge on any atom is 0.303 e. The highest BCUT2D eigenvalue weighted by Gasteiger charge is 2.58. The van der Waals surface area contributed by atoms with E-state index in [4.69, 9.17) is 18.9 Å². The molecule has 13 heteroatoms. The molecule has 0 radical (unpaired) electrons. The standard InChI is InChI=1S/C34H50IN3O9/c1-19(6-9-28-20(2)12-27(22(4)46-28)38-30(40)11-8-21(3)45-23(5)39)7-10-29-33(43)34(18-44-34)16-26(47-29)15-31(41)36-24-13-25(14-24)37-32(42)17-35/h6-8,10-11,20-22,24-29,33,43H,9,12-18H2,1-5H3,(H,36,41)(H,37,42)(H,38,40)/t20-,21-,22+,24-,25-,26+,27+,28-,29+,33+,34+/m0/s1. The van der Waals surface area contributed by atoms with Crippen molar-refractivity contribution in [2.45, 2.75) is 133 Å². The smallest absolute Gasteiger partial charge is 0.303 e. The van der Waals surface area contributed by atoms with E-state index >= 15 is 0 Å². The number of carbonyl (C=O) groups excluding carboxylic acids is 4. The molecule has 0 bridgehead atoms. The van der Waals surface area contributed by atoms with Gasteiger partial charge in [-0.2, -0.15) is 0 Å². The Bertz CT molecular complexity index is 1230. The van der Waals surface area contributed by atoms with E-state index in [9.17, 15) is 24.3 Å². The second kappa shape index (κ2) is 16.9. The number of allylic oxidation sites excluding steroid dienone is 2. The van der Waals surface area contributed by atoms with E-state index in [1.807, 2.05) is 48.6 Å². The third kappa shape index (κ3) is 11.1. The van der Waals surface area contributed by atoms with Gasteiger partial charge in [0.25, 0.3) is 0 Å². The number of esters is 1. The molecule has 262 valence electrons. The summed E-state index contributed by atoms with van der Waals surface area (Å²) in [5.41, 5.74) is 0.317. The van der Waals surface area contributed by atoms with Gasteiger partial charge in [-0.3, -0.25) is 19.2 Å². The van der Waals surface area contributed by atoms with E-state index in [2.05, 4.69) is 29.0 Å². The molecule has 4 fully saturated rings. The first-order chi connectivity index (χ1) is 22.3. The number of aliphatic hydroxyl groups is 1. The van der Waals surface area contributed by atoms with Crippen LogP contribution in [0.15, 0.2) is 36.0 Å². The fourth-order valence-electron chi connectivity index (χ4n) is 6.50. The number of epoxide rings is 1. The third-order valence-corrected chi connectivity index (χ3v) is 10.0. The lowest BCUT2D eigenvalue weighted by molar-refractivity contribution is -0.146. The first-order valence-electron chi connectivity index (χ1n) is 16.6. The first kappa shape index (κ1) is 37.5. The topological polar surface area (TPSA) is 165 Å². The number of rotatable bonds is 13. The molecule has 12 nitrogen and oxygen atoms in total. The van der Waals surface area contributed by atoms with E-state index in [1.165, 1.54) is 13.0 Å². The van der Waals surface area contributed by atoms with Crippen molar-refractivity contribution in [3.8, 4) is 0 Å². The van der Waals surface area contributed by atoms with Gasteiger partial charge in [0.15, 0.2) is 0 Å². The van der Waals surface area contributed by atoms with Crippen LogP contribution in [0.3, 0.4) is 0 Å². The van der Waals surface area contributed by atoms with Crippen LogP contribution in [0, 0.1) is 5.92 Å². The number of hydrogen-bond acceptors (Lipinski definition) is 9. The van der Waals surface area contributed by atoms with Crippen LogP contribution in [0.25, 0.3) is 0 Å². The minimum atomic E-state index is -0.825. The average Bonchev–Trinajstić information content (AvgIpc) is 3.76. The molecule has 3 aliphatic heterocycles. The van der Waals surface area contributed by atoms with Gasteiger partial charge in [-0.05, 0) is 58.4 Å². The molecule has 47 heavy (non-hydrogen) atoms. The van der Waals surface area contributed by atoms with E-state index in [1.54, 1.807) is 13.0 Å². The molecule has 3 saturated heterocycles. The third-order valence-electron chi connectivity index (χ3n) is 9.33. The summed E-state index contributed by atoms with van der Waals surface area (Å²) in [5, 5.41) is 20.0. The minimum Gasteiger partial charge on any atom is -0.459 e. The summed E-state index contributed by atoms with van der Waals surface area (Å²) in [6.07, 6.45) is 9.85. The van der Waals surface area contributed by atoms with Gasteiger partial charge in [-0.1, -0.05) is 53.3 Å². The zero-order valence-corrected chi connectivity index (χ0v) is 30.1. The summed E-state index contributed by atoms with van der Waals surface area (Å²) in [6, 6.07) is 0.0143. The lowest BCUT2D eigenvalue weighted by Crippen LogP contribution is -2.55. The minimum absolute atomic E-state index is 0.00968. The Balaban J connectivity index is 1.23. The molecule has 0 aromatic rings. The van der Waals surface area contributed by atoms with E-state index in [-0.39, 0.29) is 66.5 Å². The Kier molecular flexibility index (Phi) is 13.4. The molecular weight excluding hydrogens is 721 g/mol. The molecular formula is C34H50IN3O9. The van der Waals surface area contributed by atoms with Crippen molar-refractivity contribution in [1.29, 1.82) is 0 Å². The fourth-order valence-corrected chi connectivity index (χ4v) is 6.72. The second-order valence-corrected chi connectivity index (χ2v) is 14.3. The van der Waals surface area contributed by atoms with Gasteiger partial charge in [0, 0.05) is 31.5 Å². The Morgan fingerprint density at radius 3 is 2.34 bits per heavy atom. The molecule has 0 aromatic heterocycles. The molecule has 0 aromatic carbocycles. The lowest BCUT2D eigenvalue weighted by atomic mass is 9.85. The number of halogens is 1. The number of hydrogen-bond donors (Lipinski definition) is 4. The van der Waals surface area contributed by atoms with Crippen molar-refractivity contribution in [1.82, 2.24) is 16.0 Å². The van der Waals surface area contributed by atoms with Gasteiger partial charge in [0.1, 0.15) is 23.9 Å². The summed E-state index contributed by atoms with van der Waals surface area (Å²) in [6.45, 7) is 9.51. The highest BCUT2D eigenvalue weighted by molar-refractivity contribution is 14.1. The van der Waals surface area contributed by atoms with Crippen molar-refractivity contribution >= 4 is 46.3 Å². The van der Waals surface area contributed by atoms with Crippen molar-refractivity contribution < 1.29 is 43.2 Å². The summed E-state index contributed by atoms with van der Waals surface area (Å²) in [4.78, 5) is 47.8. The average molecular weight is 772 g/mol. The van der Waals surface area contributed by atoms with Gasteiger partial charge in [-0.15, -0.1) is 0 Å². The molecule has 4 aliphatic rings. The Labute approximate surface area is 290 Å². The van der Waals surface area contributed by atoms with Gasteiger partial charge in [0.05, 0.1) is 41.8 Å². The molecule has 4 N–H and O–H groups in total. The molecule has 3 amide bonds. The number of ether oxygens (including phenoxy) is 4. The molecule has 9 atom stereocenters. The predicted molar refractivity (Wildman–Crippen MR) is 182 cm³/mol. The number of carbonyl (C=O) groups is 4. The molecule has 4 rings (SSSR count). The molecule has 3 heterocycles. The maximum atomic E-state index is 12.8. The van der Waals surface area contributed by atoms with Crippen LogP contribution in [-0.4, -0.2) is 100 Å². The van der Waals surface area contributed by atoms with E-state index in [0.717, 1.165) is 24.8 Å². The van der Waals surface area contributed by atoms with Gasteiger partial charge < -0.3 is 40.0 Å². The monoisotopic (exact) mass is 771 g/mol. The highest BCUT2D eigenvalue weighted by atomic mass is 127. The van der Waals surface area contributed by atoms with Crippen LogP contribution < -0.4 is 16.0 Å². The van der Waals surface area contributed by atoms with Gasteiger partial charge in [0.2, 0.25) is 17.7 Å². The first-order valence-corrected chi connectivity index (χ1v) is 18.1. The predicted octanol–water partition coefficient (Wildman–Crippen LogP) is 2.56. The number of amides is 3. The van der Waals surface area contributed by atoms with Crippen LogP contribution in [0.5, 0.6) is 0 Å². The Hall–Kier alpha value is -2.33.